The van der Waals surface area contributed by atoms with Gasteiger partial charge in [0, 0.05) is 24.6 Å². The van der Waals surface area contributed by atoms with Gasteiger partial charge in [-0.05, 0) is 63.0 Å². The number of ether oxygens (including phenoxy) is 1. The first-order valence-corrected chi connectivity index (χ1v) is 8.96. The number of hydrogen-bond donors (Lipinski definition) is 2. The maximum Gasteiger partial charge on any atom is 0.122 e. The molecule has 1 aliphatic heterocycles. The molecule has 0 spiro atoms. The predicted octanol–water partition coefficient (Wildman–Crippen LogP) is 3.37. The van der Waals surface area contributed by atoms with E-state index in [1.54, 1.807) is 6.08 Å². The Balaban J connectivity index is 1.41. The number of nitrogens with two attached hydrogens (primary N) is 1. The van der Waals surface area contributed by atoms with E-state index in [0.717, 1.165) is 51.1 Å². The highest BCUT2D eigenvalue weighted by atomic mass is 19.1. The Bertz CT molecular complexity index is 458. The smallest absolute Gasteiger partial charge is 0.122 e. The molecule has 2 aliphatic carbocycles. The summed E-state index contributed by atoms with van der Waals surface area (Å²) in [5, 5.41) is 3.43. The minimum Gasteiger partial charge on any atom is -0.377 e. The van der Waals surface area contributed by atoms with Gasteiger partial charge in [0.1, 0.15) is 11.7 Å². The lowest BCUT2D eigenvalue weighted by Crippen LogP contribution is -2.52. The first-order valence-electron chi connectivity index (χ1n) is 8.96. The Morgan fingerprint density at radius 2 is 1.96 bits per heavy atom. The van der Waals surface area contributed by atoms with Gasteiger partial charge in [-0.3, -0.25) is 0 Å². The molecule has 2 fully saturated rings. The second-order valence-electron chi connectivity index (χ2n) is 7.25. The van der Waals surface area contributed by atoms with Crippen molar-refractivity contribution in [2.45, 2.75) is 63.1 Å². The molecule has 1 heterocycles. The molecule has 0 amide bonds. The van der Waals surface area contributed by atoms with Crippen LogP contribution in [0.15, 0.2) is 23.8 Å². The zero-order valence-electron chi connectivity index (χ0n) is 13.6. The van der Waals surface area contributed by atoms with Crippen molar-refractivity contribution in [2.75, 3.05) is 13.2 Å². The van der Waals surface area contributed by atoms with Crippen LogP contribution in [-0.2, 0) is 4.74 Å². The second kappa shape index (κ2) is 7.86. The molecule has 1 saturated heterocycles. The summed E-state index contributed by atoms with van der Waals surface area (Å²) in [5.41, 5.74) is 6.11. The number of hydrogen-bond acceptors (Lipinski definition) is 3. The fourth-order valence-electron chi connectivity index (χ4n) is 4.13. The third kappa shape index (κ3) is 4.61. The predicted molar refractivity (Wildman–Crippen MR) is 87.2 cm³/mol. The topological polar surface area (TPSA) is 47.3 Å². The van der Waals surface area contributed by atoms with E-state index < -0.39 is 5.83 Å². The van der Waals surface area contributed by atoms with Crippen LogP contribution in [0.4, 0.5) is 8.78 Å². The normalized spacial score (nSPS) is 38.8. The zero-order chi connectivity index (χ0) is 16.2. The number of piperidine rings is 1. The Morgan fingerprint density at radius 1 is 1.17 bits per heavy atom. The van der Waals surface area contributed by atoms with Gasteiger partial charge in [0.2, 0.25) is 0 Å². The van der Waals surface area contributed by atoms with E-state index in [9.17, 15) is 8.78 Å². The molecule has 0 aromatic heterocycles. The van der Waals surface area contributed by atoms with Crippen molar-refractivity contribution in [3.8, 4) is 0 Å². The van der Waals surface area contributed by atoms with Crippen LogP contribution in [0.25, 0.3) is 0 Å². The van der Waals surface area contributed by atoms with Crippen LogP contribution in [0.1, 0.15) is 44.9 Å². The first-order chi connectivity index (χ1) is 11.1. The standard InChI is InChI=1S/C18H28F2N2O/c19-14-8-13(9-15(20)10-14)12-3-5-16(6-4-12)23-11-18-17(21)2-1-7-22-18/h8,10,12-13,16-18,22H,1-7,9,11,21H2/t12?,13?,16?,17-,18-/m0/s1. The van der Waals surface area contributed by atoms with Crippen LogP contribution in [-0.4, -0.2) is 31.3 Å². The summed E-state index contributed by atoms with van der Waals surface area (Å²) < 4.78 is 32.8. The summed E-state index contributed by atoms with van der Waals surface area (Å²) in [6.07, 6.45) is 9.34. The van der Waals surface area contributed by atoms with Gasteiger partial charge in [0.05, 0.1) is 12.7 Å². The number of nitrogens with one attached hydrogen (secondary N) is 1. The highest BCUT2D eigenvalue weighted by molar-refractivity contribution is 5.21. The van der Waals surface area contributed by atoms with Gasteiger partial charge >= 0.3 is 0 Å². The minimum atomic E-state index is -0.422. The molecular weight excluding hydrogens is 298 g/mol. The molecule has 3 N–H and O–H groups in total. The Hall–Kier alpha value is -0.780. The highest BCUT2D eigenvalue weighted by Gasteiger charge is 2.30. The van der Waals surface area contributed by atoms with Crippen LogP contribution in [0.3, 0.4) is 0 Å². The summed E-state index contributed by atoms with van der Waals surface area (Å²) in [6.45, 7) is 1.69. The van der Waals surface area contributed by atoms with E-state index in [1.807, 2.05) is 0 Å². The lowest BCUT2D eigenvalue weighted by atomic mass is 9.76. The largest absolute Gasteiger partial charge is 0.377 e. The summed E-state index contributed by atoms with van der Waals surface area (Å²) in [7, 11) is 0. The Labute approximate surface area is 137 Å². The third-order valence-electron chi connectivity index (χ3n) is 5.57. The fraction of sp³-hybridized carbons (Fsp3) is 0.778. The fourth-order valence-corrected chi connectivity index (χ4v) is 4.13. The number of halogens is 2. The second-order valence-corrected chi connectivity index (χ2v) is 7.25. The van der Waals surface area contributed by atoms with Gasteiger partial charge < -0.3 is 15.8 Å². The van der Waals surface area contributed by atoms with E-state index in [-0.39, 0.29) is 29.9 Å². The summed E-state index contributed by atoms with van der Waals surface area (Å²) in [6, 6.07) is 0.446. The summed E-state index contributed by atoms with van der Waals surface area (Å²) in [4.78, 5) is 0. The molecule has 23 heavy (non-hydrogen) atoms. The van der Waals surface area contributed by atoms with Crippen LogP contribution in [0, 0.1) is 11.8 Å². The lowest BCUT2D eigenvalue weighted by molar-refractivity contribution is -0.00307. The van der Waals surface area contributed by atoms with Crippen molar-refractivity contribution in [2.24, 2.45) is 17.6 Å². The number of allylic oxidation sites excluding steroid dienone is 4. The first kappa shape index (κ1) is 17.1. The van der Waals surface area contributed by atoms with Gasteiger partial charge in [-0.25, -0.2) is 8.78 Å². The average Bonchev–Trinajstić information content (AvgIpc) is 2.54. The van der Waals surface area contributed by atoms with Crippen molar-refractivity contribution < 1.29 is 13.5 Å². The van der Waals surface area contributed by atoms with Crippen molar-refractivity contribution in [1.82, 2.24) is 5.32 Å². The molecule has 3 nitrogen and oxygen atoms in total. The van der Waals surface area contributed by atoms with E-state index >= 15 is 0 Å². The molecule has 5 heteroatoms. The minimum absolute atomic E-state index is 0.00869. The van der Waals surface area contributed by atoms with Crippen molar-refractivity contribution in [3.05, 3.63) is 23.8 Å². The molecular formula is C18H28F2N2O. The van der Waals surface area contributed by atoms with E-state index in [0.29, 0.717) is 18.9 Å². The van der Waals surface area contributed by atoms with E-state index in [4.69, 9.17) is 10.5 Å². The molecule has 130 valence electrons. The maximum atomic E-state index is 13.4. The third-order valence-corrected chi connectivity index (χ3v) is 5.57. The van der Waals surface area contributed by atoms with Gasteiger partial charge in [0.15, 0.2) is 0 Å². The lowest BCUT2D eigenvalue weighted by Gasteiger charge is -2.35. The van der Waals surface area contributed by atoms with Gasteiger partial charge in [-0.15, -0.1) is 0 Å². The highest BCUT2D eigenvalue weighted by Crippen LogP contribution is 2.38. The van der Waals surface area contributed by atoms with Gasteiger partial charge in [-0.1, -0.05) is 0 Å². The Morgan fingerprint density at radius 3 is 2.65 bits per heavy atom. The summed E-state index contributed by atoms with van der Waals surface area (Å²) >= 11 is 0. The molecule has 0 radical (unpaired) electrons. The van der Waals surface area contributed by atoms with Gasteiger partial charge in [-0.2, -0.15) is 0 Å². The van der Waals surface area contributed by atoms with Crippen LogP contribution in [0.2, 0.25) is 0 Å². The summed E-state index contributed by atoms with van der Waals surface area (Å²) in [5.74, 6) is -0.371. The van der Waals surface area contributed by atoms with Crippen molar-refractivity contribution >= 4 is 0 Å². The molecule has 3 rings (SSSR count). The maximum absolute atomic E-state index is 13.4. The zero-order valence-corrected chi connectivity index (χ0v) is 13.6. The van der Waals surface area contributed by atoms with Crippen molar-refractivity contribution in [3.63, 3.8) is 0 Å². The van der Waals surface area contributed by atoms with Crippen molar-refractivity contribution in [1.29, 1.82) is 0 Å². The molecule has 3 atom stereocenters. The molecule has 0 bridgehead atoms. The van der Waals surface area contributed by atoms with Crippen LogP contribution >= 0.6 is 0 Å². The van der Waals surface area contributed by atoms with E-state index in [1.165, 1.54) is 0 Å². The molecule has 1 saturated carbocycles. The number of rotatable bonds is 4. The van der Waals surface area contributed by atoms with E-state index in [2.05, 4.69) is 5.32 Å². The quantitative estimate of drug-likeness (QED) is 0.833. The average molecular weight is 326 g/mol. The molecule has 1 unspecified atom stereocenters. The Kier molecular flexibility index (Phi) is 5.83. The SMILES string of the molecule is N[C@H]1CCCN[C@H]1COC1CCC(C2C=C(F)C=C(F)C2)CC1. The monoisotopic (exact) mass is 326 g/mol. The van der Waals surface area contributed by atoms with Crippen LogP contribution < -0.4 is 11.1 Å². The molecule has 3 aliphatic rings. The van der Waals surface area contributed by atoms with Crippen LogP contribution in [0.5, 0.6) is 0 Å². The molecule has 0 aromatic carbocycles. The molecule has 0 aromatic rings. The van der Waals surface area contributed by atoms with Gasteiger partial charge in [0.25, 0.3) is 0 Å².